The van der Waals surface area contributed by atoms with Gasteiger partial charge in [0.25, 0.3) is 0 Å². The van der Waals surface area contributed by atoms with Crippen LogP contribution in [0.5, 0.6) is 0 Å². The van der Waals surface area contributed by atoms with Crippen LogP contribution in [0.1, 0.15) is 34.3 Å². The van der Waals surface area contributed by atoms with Gasteiger partial charge in [0.1, 0.15) is 5.02 Å². The van der Waals surface area contributed by atoms with Crippen molar-refractivity contribution < 1.29 is 4.28 Å². The molecule has 1 aliphatic rings. The van der Waals surface area contributed by atoms with E-state index in [0.717, 1.165) is 16.9 Å². The third kappa shape index (κ3) is 3.76. The fourth-order valence-corrected chi connectivity index (χ4v) is 2.71. The van der Waals surface area contributed by atoms with Crippen molar-refractivity contribution in [1.82, 2.24) is 20.2 Å². The topological polar surface area (TPSA) is 102 Å². The summed E-state index contributed by atoms with van der Waals surface area (Å²) in [6.45, 7) is 0. The third-order valence-corrected chi connectivity index (χ3v) is 4.38. The van der Waals surface area contributed by atoms with E-state index in [9.17, 15) is 0 Å². The van der Waals surface area contributed by atoms with Gasteiger partial charge in [-0.05, 0) is 30.5 Å². The lowest BCUT2D eigenvalue weighted by Crippen LogP contribution is -2.01. The van der Waals surface area contributed by atoms with Gasteiger partial charge in [0, 0.05) is 27.6 Å². The third-order valence-electron chi connectivity index (χ3n) is 4.10. The number of halogens is 1. The number of benzene rings is 1. The zero-order valence-electron chi connectivity index (χ0n) is 13.8. The first-order valence-electron chi connectivity index (χ1n) is 8.29. The molecule has 8 heteroatoms. The van der Waals surface area contributed by atoms with Crippen LogP contribution in [-0.2, 0) is 6.42 Å². The summed E-state index contributed by atoms with van der Waals surface area (Å²) in [4.78, 5) is 8.62. The number of nitrogens with zero attached hydrogens (tertiary/aromatic N) is 4. The molecule has 0 atom stereocenters. The summed E-state index contributed by atoms with van der Waals surface area (Å²) < 4.78 is 0. The summed E-state index contributed by atoms with van der Waals surface area (Å²) in [5.74, 6) is 2.18. The molecule has 7 nitrogen and oxygen atoms in total. The molecule has 2 heterocycles. The van der Waals surface area contributed by atoms with Gasteiger partial charge in [0.2, 0.25) is 5.95 Å². The Morgan fingerprint density at radius 2 is 2.08 bits per heavy atom. The number of H-pyrrole nitrogens is 1. The summed E-state index contributed by atoms with van der Waals surface area (Å²) in [6.07, 6.45) is 4.34. The van der Waals surface area contributed by atoms with Gasteiger partial charge in [-0.1, -0.05) is 23.7 Å². The molecule has 0 saturated heterocycles. The van der Waals surface area contributed by atoms with Crippen molar-refractivity contribution in [2.45, 2.75) is 25.2 Å². The number of aromatic nitrogens is 4. The van der Waals surface area contributed by atoms with Crippen molar-refractivity contribution in [1.29, 1.82) is 5.26 Å². The number of hydrogen-bond acceptors (Lipinski definition) is 6. The van der Waals surface area contributed by atoms with Crippen LogP contribution in [0.3, 0.4) is 0 Å². The fraction of sp³-hybridized carbons (Fsp3) is 0.222. The van der Waals surface area contributed by atoms with Crippen molar-refractivity contribution in [3.05, 3.63) is 52.8 Å². The zero-order chi connectivity index (χ0) is 17.9. The second-order valence-corrected chi connectivity index (χ2v) is 6.56. The van der Waals surface area contributed by atoms with Crippen LogP contribution in [0.4, 0.5) is 23.3 Å². The molecule has 0 aliphatic heterocycles. The Balaban J connectivity index is 0.00000140. The average Bonchev–Trinajstić information content (AvgIpc) is 3.39. The van der Waals surface area contributed by atoms with E-state index in [0.29, 0.717) is 34.9 Å². The lowest BCUT2D eigenvalue weighted by molar-refractivity contribution is 0.966. The van der Waals surface area contributed by atoms with E-state index >= 15 is 0 Å². The Morgan fingerprint density at radius 3 is 2.81 bits per heavy atom. The maximum absolute atomic E-state index is 8.72. The van der Waals surface area contributed by atoms with Gasteiger partial charge in [-0.15, -0.1) is 0 Å². The molecule has 4 rings (SSSR count). The zero-order valence-corrected chi connectivity index (χ0v) is 14.6. The van der Waals surface area contributed by atoms with Gasteiger partial charge < -0.3 is 10.6 Å². The molecule has 0 spiro atoms. The van der Waals surface area contributed by atoms with Crippen molar-refractivity contribution in [3.8, 4) is 6.07 Å². The minimum atomic E-state index is 0. The number of nitriles is 1. The summed E-state index contributed by atoms with van der Waals surface area (Å²) in [6, 6.07) is 11.7. The number of anilines is 4. The number of nitrogens with one attached hydrogen (secondary N) is 3. The fourth-order valence-electron chi connectivity index (χ4n) is 2.57. The van der Waals surface area contributed by atoms with Crippen LogP contribution in [0.15, 0.2) is 36.5 Å². The van der Waals surface area contributed by atoms with Crippen molar-refractivity contribution in [2.24, 2.45) is 0 Å². The van der Waals surface area contributed by atoms with E-state index in [2.05, 4.69) is 36.9 Å². The molecule has 136 valence electrons. The summed E-state index contributed by atoms with van der Waals surface area (Å²) in [5.41, 5.74) is 2.92. The van der Waals surface area contributed by atoms with Gasteiger partial charge in [-0.3, -0.25) is 5.10 Å². The van der Waals surface area contributed by atoms with E-state index in [1.807, 2.05) is 30.3 Å². The average molecular weight is 372 g/mol. The van der Waals surface area contributed by atoms with E-state index in [-0.39, 0.29) is 4.28 Å². The first-order chi connectivity index (χ1) is 12.7. The Kier molecular flexibility index (Phi) is 4.42. The quantitative estimate of drug-likeness (QED) is 0.562. The first-order valence-corrected chi connectivity index (χ1v) is 8.67. The predicted molar refractivity (Wildman–Crippen MR) is 106 cm³/mol. The van der Waals surface area contributed by atoms with Gasteiger partial charge in [0.05, 0.1) is 18.7 Å². The normalized spacial score (nSPS) is 13.2. The van der Waals surface area contributed by atoms with Crippen LogP contribution in [0.25, 0.3) is 0 Å². The maximum Gasteiger partial charge on any atom is 0.229 e. The van der Waals surface area contributed by atoms with Crippen LogP contribution in [0.2, 0.25) is 5.02 Å². The van der Waals surface area contributed by atoms with E-state index in [1.54, 1.807) is 0 Å². The minimum Gasteiger partial charge on any atom is -0.324 e. The Labute approximate surface area is 159 Å². The molecular weight excluding hydrogens is 350 g/mol. The minimum absolute atomic E-state index is 0. The molecular formula is C18H22ClN7. The van der Waals surface area contributed by atoms with Crippen molar-refractivity contribution in [2.75, 3.05) is 10.6 Å². The molecule has 1 aliphatic carbocycles. The molecule has 1 fully saturated rings. The van der Waals surface area contributed by atoms with E-state index in [4.69, 9.17) is 16.9 Å². The maximum atomic E-state index is 8.72. The van der Waals surface area contributed by atoms with E-state index < -0.39 is 0 Å². The number of hydrogen-bond donors (Lipinski definition) is 3. The molecule has 0 bridgehead atoms. The molecule has 3 aromatic rings. The van der Waals surface area contributed by atoms with Gasteiger partial charge in [-0.25, -0.2) is 4.98 Å². The molecule has 3 N–H and O–H groups in total. The SMILES string of the molecule is N#CCc1ccc(Nc2ncc(Cl)c(Nc3cc(C4CC4)[nH]n3)n2)cc1.[HH].[HH].[HH]. The molecule has 0 amide bonds. The smallest absolute Gasteiger partial charge is 0.229 e. The largest absolute Gasteiger partial charge is 0.324 e. The van der Waals surface area contributed by atoms with Crippen molar-refractivity contribution in [3.63, 3.8) is 0 Å². The summed E-state index contributed by atoms with van der Waals surface area (Å²) in [5, 5.41) is 22.7. The molecule has 1 aromatic carbocycles. The second-order valence-electron chi connectivity index (χ2n) is 6.15. The monoisotopic (exact) mass is 371 g/mol. The standard InChI is InChI=1S/C18H16ClN7.3H2/c19-14-10-21-18(22-13-5-1-11(2-6-13)7-8-20)24-17(14)23-16-9-15(25-26-16)12-3-4-12;;;/h1-2,5-6,9-10,12H,3-4,7H2,(H3,21,22,23,24,25,26);3*1H. The summed E-state index contributed by atoms with van der Waals surface area (Å²) >= 11 is 6.20. The van der Waals surface area contributed by atoms with Gasteiger partial charge >= 0.3 is 0 Å². The van der Waals surface area contributed by atoms with E-state index in [1.165, 1.54) is 19.0 Å². The lowest BCUT2D eigenvalue weighted by atomic mass is 10.1. The van der Waals surface area contributed by atoms with Crippen molar-refractivity contribution >= 4 is 34.9 Å². The van der Waals surface area contributed by atoms with Gasteiger partial charge in [0.15, 0.2) is 11.6 Å². The first kappa shape index (κ1) is 16.4. The van der Waals surface area contributed by atoms with Crippen LogP contribution in [-0.4, -0.2) is 20.2 Å². The van der Waals surface area contributed by atoms with Gasteiger partial charge in [-0.2, -0.15) is 15.3 Å². The molecule has 26 heavy (non-hydrogen) atoms. The molecule has 0 radical (unpaired) electrons. The second kappa shape index (κ2) is 7.02. The lowest BCUT2D eigenvalue weighted by Gasteiger charge is -2.09. The predicted octanol–water partition coefficient (Wildman–Crippen LogP) is 5.02. The Hall–Kier alpha value is -3.11. The highest BCUT2D eigenvalue weighted by molar-refractivity contribution is 6.32. The van der Waals surface area contributed by atoms with Crippen LogP contribution < -0.4 is 10.6 Å². The highest BCUT2D eigenvalue weighted by Gasteiger charge is 2.25. The Bertz CT molecular complexity index is 968. The highest BCUT2D eigenvalue weighted by Crippen LogP contribution is 2.39. The van der Waals surface area contributed by atoms with Crippen LogP contribution in [0, 0.1) is 11.3 Å². The highest BCUT2D eigenvalue weighted by atomic mass is 35.5. The Morgan fingerprint density at radius 1 is 1.27 bits per heavy atom. The molecule has 2 aromatic heterocycles. The van der Waals surface area contributed by atoms with Crippen LogP contribution >= 0.6 is 11.6 Å². The molecule has 1 saturated carbocycles. The summed E-state index contributed by atoms with van der Waals surface area (Å²) in [7, 11) is 0. The number of rotatable bonds is 6. The number of aromatic amines is 1. The molecule has 0 unspecified atom stereocenters.